The van der Waals surface area contributed by atoms with Crippen molar-refractivity contribution in [1.82, 2.24) is 4.98 Å². The van der Waals surface area contributed by atoms with Crippen LogP contribution in [0, 0.1) is 6.92 Å². The molecule has 1 aromatic heterocycles. The van der Waals surface area contributed by atoms with Crippen LogP contribution in [0.4, 0.5) is 0 Å². The molecule has 2 N–H and O–H groups in total. The third-order valence-electron chi connectivity index (χ3n) is 2.19. The van der Waals surface area contributed by atoms with Crippen LogP contribution < -0.4 is 5.73 Å². The molecule has 0 spiro atoms. The summed E-state index contributed by atoms with van der Waals surface area (Å²) >= 11 is 3.42. The van der Waals surface area contributed by atoms with Gasteiger partial charge in [0.1, 0.15) is 6.26 Å². The van der Waals surface area contributed by atoms with E-state index in [-0.39, 0.29) is 0 Å². The Balaban J connectivity index is 2.48. The number of nitrogens with two attached hydrogens (primary N) is 1. The van der Waals surface area contributed by atoms with Gasteiger partial charge in [-0.15, -0.1) is 0 Å². The van der Waals surface area contributed by atoms with Gasteiger partial charge >= 0.3 is 0 Å². The summed E-state index contributed by atoms with van der Waals surface area (Å²) in [5.41, 5.74) is 8.36. The third-order valence-corrected chi connectivity index (χ3v) is 2.68. The summed E-state index contributed by atoms with van der Waals surface area (Å²) in [7, 11) is 0. The zero-order valence-corrected chi connectivity index (χ0v) is 9.91. The number of nitrogens with zero attached hydrogens (tertiary/aromatic N) is 1. The molecular formula is C11H11BrN2O. The summed E-state index contributed by atoms with van der Waals surface area (Å²) < 4.78 is 6.38. The first-order valence-corrected chi connectivity index (χ1v) is 5.41. The van der Waals surface area contributed by atoms with Crippen molar-refractivity contribution < 1.29 is 4.42 Å². The number of aryl methyl sites for hydroxylation is 1. The number of halogens is 1. The molecule has 1 heterocycles. The zero-order chi connectivity index (χ0) is 10.8. The highest BCUT2D eigenvalue weighted by atomic mass is 79.9. The second-order valence-electron chi connectivity index (χ2n) is 3.31. The number of hydrogen-bond donors (Lipinski definition) is 1. The molecule has 0 aliphatic rings. The van der Waals surface area contributed by atoms with E-state index in [1.165, 1.54) is 0 Å². The van der Waals surface area contributed by atoms with Crippen LogP contribution in [0.5, 0.6) is 0 Å². The minimum atomic E-state index is 0.399. The molecule has 0 radical (unpaired) electrons. The van der Waals surface area contributed by atoms with Crippen LogP contribution in [0.1, 0.15) is 11.3 Å². The van der Waals surface area contributed by atoms with E-state index in [0.29, 0.717) is 12.4 Å². The molecule has 0 saturated carbocycles. The molecule has 0 aliphatic heterocycles. The lowest BCUT2D eigenvalue weighted by Crippen LogP contribution is -1.95. The van der Waals surface area contributed by atoms with E-state index in [2.05, 4.69) is 20.9 Å². The standard InChI is InChI=1S/C11H11BrN2O/c1-7-2-3-8(12)4-10(7)11-14-9(5-13)6-15-11/h2-4,6H,5,13H2,1H3. The average Bonchev–Trinajstić information content (AvgIpc) is 2.70. The van der Waals surface area contributed by atoms with Gasteiger partial charge in [0.15, 0.2) is 0 Å². The second-order valence-corrected chi connectivity index (χ2v) is 4.22. The second kappa shape index (κ2) is 4.16. The SMILES string of the molecule is Cc1ccc(Br)cc1-c1nc(CN)co1. The minimum Gasteiger partial charge on any atom is -0.444 e. The van der Waals surface area contributed by atoms with Gasteiger partial charge in [-0.2, -0.15) is 0 Å². The van der Waals surface area contributed by atoms with Crippen molar-refractivity contribution in [1.29, 1.82) is 0 Å². The summed E-state index contributed by atoms with van der Waals surface area (Å²) in [6.07, 6.45) is 1.59. The Kier molecular flexibility index (Phi) is 2.88. The van der Waals surface area contributed by atoms with Crippen LogP contribution in [0.15, 0.2) is 33.4 Å². The molecule has 0 bridgehead atoms. The Morgan fingerprint density at radius 3 is 2.93 bits per heavy atom. The summed E-state index contributed by atoms with van der Waals surface area (Å²) in [5, 5.41) is 0. The van der Waals surface area contributed by atoms with Gasteiger partial charge in [-0.25, -0.2) is 4.98 Å². The molecule has 0 saturated heterocycles. The van der Waals surface area contributed by atoms with Crippen LogP contribution in [-0.2, 0) is 6.54 Å². The number of rotatable bonds is 2. The van der Waals surface area contributed by atoms with E-state index in [9.17, 15) is 0 Å². The molecule has 3 nitrogen and oxygen atoms in total. The smallest absolute Gasteiger partial charge is 0.226 e. The van der Waals surface area contributed by atoms with Crippen LogP contribution in [0.25, 0.3) is 11.5 Å². The normalized spacial score (nSPS) is 10.6. The lowest BCUT2D eigenvalue weighted by atomic mass is 10.1. The topological polar surface area (TPSA) is 52.0 Å². The Hall–Kier alpha value is -1.13. The van der Waals surface area contributed by atoms with Crippen LogP contribution in [0.3, 0.4) is 0 Å². The summed E-state index contributed by atoms with van der Waals surface area (Å²) in [6, 6.07) is 6.00. The van der Waals surface area contributed by atoms with Crippen LogP contribution >= 0.6 is 15.9 Å². The van der Waals surface area contributed by atoms with E-state index in [0.717, 1.165) is 21.3 Å². The number of oxazole rings is 1. The van der Waals surface area contributed by atoms with Gasteiger partial charge in [0.05, 0.1) is 5.69 Å². The first-order chi connectivity index (χ1) is 7.20. The summed E-state index contributed by atoms with van der Waals surface area (Å²) in [6.45, 7) is 2.42. The van der Waals surface area contributed by atoms with E-state index in [4.69, 9.17) is 10.2 Å². The summed E-state index contributed by atoms with van der Waals surface area (Å²) in [5.74, 6) is 0.620. The van der Waals surface area contributed by atoms with Crippen molar-refractivity contribution in [3.63, 3.8) is 0 Å². The van der Waals surface area contributed by atoms with Crippen molar-refractivity contribution in [3.8, 4) is 11.5 Å². The highest BCUT2D eigenvalue weighted by molar-refractivity contribution is 9.10. The fourth-order valence-corrected chi connectivity index (χ4v) is 1.71. The highest BCUT2D eigenvalue weighted by Crippen LogP contribution is 2.26. The molecule has 2 aromatic rings. The largest absolute Gasteiger partial charge is 0.444 e. The fourth-order valence-electron chi connectivity index (χ4n) is 1.35. The molecule has 0 atom stereocenters. The molecular weight excluding hydrogens is 256 g/mol. The maximum atomic E-state index is 5.48. The lowest BCUT2D eigenvalue weighted by Gasteiger charge is -2.01. The van der Waals surface area contributed by atoms with E-state index >= 15 is 0 Å². The first-order valence-electron chi connectivity index (χ1n) is 4.61. The molecule has 4 heteroatoms. The van der Waals surface area contributed by atoms with Crippen molar-refractivity contribution in [2.24, 2.45) is 5.73 Å². The maximum absolute atomic E-state index is 5.48. The van der Waals surface area contributed by atoms with Gasteiger partial charge in [0.25, 0.3) is 0 Å². The molecule has 0 unspecified atom stereocenters. The lowest BCUT2D eigenvalue weighted by molar-refractivity contribution is 0.572. The third kappa shape index (κ3) is 2.11. The Morgan fingerprint density at radius 2 is 2.27 bits per heavy atom. The van der Waals surface area contributed by atoms with Gasteiger partial charge in [-0.1, -0.05) is 22.0 Å². The van der Waals surface area contributed by atoms with Crippen molar-refractivity contribution >= 4 is 15.9 Å². The molecule has 15 heavy (non-hydrogen) atoms. The monoisotopic (exact) mass is 266 g/mol. The quantitative estimate of drug-likeness (QED) is 0.910. The molecule has 0 fully saturated rings. The number of aromatic nitrogens is 1. The van der Waals surface area contributed by atoms with Gasteiger partial charge in [0, 0.05) is 16.6 Å². The van der Waals surface area contributed by atoms with Crippen molar-refractivity contribution in [2.75, 3.05) is 0 Å². The number of hydrogen-bond acceptors (Lipinski definition) is 3. The van der Waals surface area contributed by atoms with E-state index in [1.807, 2.05) is 25.1 Å². The molecule has 0 aliphatic carbocycles. The zero-order valence-electron chi connectivity index (χ0n) is 8.33. The molecule has 78 valence electrons. The molecule has 2 rings (SSSR count). The predicted octanol–water partition coefficient (Wildman–Crippen LogP) is 2.87. The van der Waals surface area contributed by atoms with Crippen LogP contribution in [0.2, 0.25) is 0 Å². The molecule has 1 aromatic carbocycles. The first kappa shape index (κ1) is 10.4. The number of benzene rings is 1. The Bertz CT molecular complexity index is 479. The average molecular weight is 267 g/mol. The van der Waals surface area contributed by atoms with Crippen LogP contribution in [-0.4, -0.2) is 4.98 Å². The highest BCUT2D eigenvalue weighted by Gasteiger charge is 2.08. The maximum Gasteiger partial charge on any atom is 0.226 e. The van der Waals surface area contributed by atoms with Crippen molar-refractivity contribution in [3.05, 3.63) is 40.2 Å². The van der Waals surface area contributed by atoms with Gasteiger partial charge in [-0.3, -0.25) is 0 Å². The van der Waals surface area contributed by atoms with Crippen molar-refractivity contribution in [2.45, 2.75) is 13.5 Å². The van der Waals surface area contributed by atoms with E-state index < -0.39 is 0 Å². The minimum absolute atomic E-state index is 0.399. The fraction of sp³-hybridized carbons (Fsp3) is 0.182. The molecule has 0 amide bonds. The predicted molar refractivity (Wildman–Crippen MR) is 62.3 cm³/mol. The van der Waals surface area contributed by atoms with Gasteiger partial charge in [-0.05, 0) is 24.6 Å². The van der Waals surface area contributed by atoms with E-state index in [1.54, 1.807) is 6.26 Å². The van der Waals surface area contributed by atoms with Gasteiger partial charge < -0.3 is 10.2 Å². The Morgan fingerprint density at radius 1 is 1.47 bits per heavy atom. The van der Waals surface area contributed by atoms with Gasteiger partial charge in [0.2, 0.25) is 5.89 Å². The summed E-state index contributed by atoms with van der Waals surface area (Å²) in [4.78, 5) is 4.29. The Labute approximate surface area is 96.4 Å².